The third kappa shape index (κ3) is 4.14. The van der Waals surface area contributed by atoms with Gasteiger partial charge in [0, 0.05) is 32.0 Å². The smallest absolute Gasteiger partial charge is 0.150 e. The van der Waals surface area contributed by atoms with Crippen LogP contribution in [0.2, 0.25) is 0 Å². The molecule has 5 nitrogen and oxygen atoms in total. The number of nitrogens with two attached hydrogens (primary N) is 1. The lowest BCUT2D eigenvalue weighted by atomic mass is 10.3. The third-order valence-corrected chi connectivity index (χ3v) is 3.67. The number of hydrogen-bond donors (Lipinski definition) is 1. The maximum Gasteiger partial charge on any atom is 0.150 e. The van der Waals surface area contributed by atoms with Crippen LogP contribution in [0.1, 0.15) is 25.0 Å². The summed E-state index contributed by atoms with van der Waals surface area (Å²) in [5.74, 6) is 1.05. The largest absolute Gasteiger partial charge is 0.354 e. The molecule has 5 heteroatoms. The Hall–Kier alpha value is -1.20. The standard InChI is InChI=1S/C14H25N5/c1-13-14(17-7-6-16-13)19-10-4-9-18(11-12-19)8-3-2-5-15/h6-7H,2-5,8-12,15H2,1H3. The Bertz CT molecular complexity index is 382. The summed E-state index contributed by atoms with van der Waals surface area (Å²) in [6, 6.07) is 0. The summed E-state index contributed by atoms with van der Waals surface area (Å²) in [6.07, 6.45) is 7.07. The summed E-state index contributed by atoms with van der Waals surface area (Å²) in [5, 5.41) is 0. The van der Waals surface area contributed by atoms with Crippen LogP contribution in [0.4, 0.5) is 5.82 Å². The molecule has 2 rings (SSSR count). The van der Waals surface area contributed by atoms with Crippen LogP contribution in [0.25, 0.3) is 0 Å². The lowest BCUT2D eigenvalue weighted by Crippen LogP contribution is -2.32. The van der Waals surface area contributed by atoms with Crippen molar-refractivity contribution in [1.29, 1.82) is 0 Å². The Kier molecular flexibility index (Phi) is 5.54. The van der Waals surface area contributed by atoms with Crippen LogP contribution in [-0.4, -0.2) is 54.1 Å². The molecule has 0 saturated carbocycles. The second kappa shape index (κ2) is 7.40. The maximum atomic E-state index is 5.55. The first-order chi connectivity index (χ1) is 9.31. The molecule has 2 N–H and O–H groups in total. The molecule has 0 spiro atoms. The summed E-state index contributed by atoms with van der Waals surface area (Å²) in [7, 11) is 0. The normalized spacial score (nSPS) is 17.5. The van der Waals surface area contributed by atoms with Gasteiger partial charge in [0.1, 0.15) is 5.82 Å². The maximum absolute atomic E-state index is 5.55. The van der Waals surface area contributed by atoms with Gasteiger partial charge in [-0.25, -0.2) is 4.98 Å². The minimum Gasteiger partial charge on any atom is -0.354 e. The average Bonchev–Trinajstić information content (AvgIpc) is 2.65. The molecule has 1 fully saturated rings. The molecule has 0 amide bonds. The number of hydrogen-bond acceptors (Lipinski definition) is 5. The van der Waals surface area contributed by atoms with E-state index < -0.39 is 0 Å². The lowest BCUT2D eigenvalue weighted by Gasteiger charge is -2.23. The molecular formula is C14H25N5. The first-order valence-corrected chi connectivity index (χ1v) is 7.26. The fraction of sp³-hybridized carbons (Fsp3) is 0.714. The van der Waals surface area contributed by atoms with Crippen LogP contribution in [0.15, 0.2) is 12.4 Å². The summed E-state index contributed by atoms with van der Waals surface area (Å²) in [6.45, 7) is 8.42. The van der Waals surface area contributed by atoms with E-state index in [4.69, 9.17) is 5.73 Å². The summed E-state index contributed by atoms with van der Waals surface area (Å²) in [5.41, 5.74) is 6.57. The molecule has 1 aliphatic heterocycles. The summed E-state index contributed by atoms with van der Waals surface area (Å²) >= 11 is 0. The molecule has 0 aromatic carbocycles. The minimum absolute atomic E-state index is 0.804. The predicted octanol–water partition coefficient (Wildman–Crippen LogP) is 1.04. The van der Waals surface area contributed by atoms with Crippen LogP contribution in [-0.2, 0) is 0 Å². The number of nitrogens with zero attached hydrogens (tertiary/aromatic N) is 4. The van der Waals surface area contributed by atoms with Gasteiger partial charge in [0.05, 0.1) is 5.69 Å². The fourth-order valence-corrected chi connectivity index (χ4v) is 2.60. The zero-order valence-electron chi connectivity index (χ0n) is 11.9. The van der Waals surface area contributed by atoms with Crippen LogP contribution in [0.5, 0.6) is 0 Å². The monoisotopic (exact) mass is 263 g/mol. The van der Waals surface area contributed by atoms with Crippen LogP contribution in [0, 0.1) is 6.92 Å². The highest BCUT2D eigenvalue weighted by Crippen LogP contribution is 2.16. The Morgan fingerprint density at radius 3 is 2.74 bits per heavy atom. The Balaban J connectivity index is 1.88. The Morgan fingerprint density at radius 2 is 1.95 bits per heavy atom. The van der Waals surface area contributed by atoms with Crippen molar-refractivity contribution in [2.24, 2.45) is 5.73 Å². The van der Waals surface area contributed by atoms with Crippen molar-refractivity contribution in [2.75, 3.05) is 44.2 Å². The van der Waals surface area contributed by atoms with Gasteiger partial charge in [-0.2, -0.15) is 0 Å². The number of rotatable bonds is 5. The van der Waals surface area contributed by atoms with E-state index in [1.54, 1.807) is 12.4 Å². The third-order valence-electron chi connectivity index (χ3n) is 3.67. The van der Waals surface area contributed by atoms with Gasteiger partial charge in [-0.15, -0.1) is 0 Å². The predicted molar refractivity (Wildman–Crippen MR) is 78.3 cm³/mol. The first kappa shape index (κ1) is 14.2. The van der Waals surface area contributed by atoms with Crippen molar-refractivity contribution in [3.63, 3.8) is 0 Å². The van der Waals surface area contributed by atoms with Crippen LogP contribution < -0.4 is 10.6 Å². The van der Waals surface area contributed by atoms with E-state index in [-0.39, 0.29) is 0 Å². The van der Waals surface area contributed by atoms with E-state index in [0.717, 1.165) is 44.1 Å². The van der Waals surface area contributed by atoms with Gasteiger partial charge in [0.15, 0.2) is 0 Å². The van der Waals surface area contributed by atoms with Gasteiger partial charge in [-0.3, -0.25) is 4.98 Å². The number of aryl methyl sites for hydroxylation is 1. The van der Waals surface area contributed by atoms with E-state index in [0.29, 0.717) is 0 Å². The molecule has 1 aromatic rings. The molecular weight excluding hydrogens is 238 g/mol. The van der Waals surface area contributed by atoms with Crippen LogP contribution >= 0.6 is 0 Å². The molecule has 1 aromatic heterocycles. The van der Waals surface area contributed by atoms with Crippen molar-refractivity contribution in [2.45, 2.75) is 26.2 Å². The van der Waals surface area contributed by atoms with Crippen molar-refractivity contribution >= 4 is 5.82 Å². The van der Waals surface area contributed by atoms with Gasteiger partial charge < -0.3 is 15.5 Å². The fourth-order valence-electron chi connectivity index (χ4n) is 2.60. The topological polar surface area (TPSA) is 58.3 Å². The summed E-state index contributed by atoms with van der Waals surface area (Å²) < 4.78 is 0. The average molecular weight is 263 g/mol. The number of anilines is 1. The molecule has 19 heavy (non-hydrogen) atoms. The number of aromatic nitrogens is 2. The molecule has 0 radical (unpaired) electrons. The van der Waals surface area contributed by atoms with Gasteiger partial charge in [0.2, 0.25) is 0 Å². The Labute approximate surface area is 115 Å². The highest BCUT2D eigenvalue weighted by molar-refractivity contribution is 5.42. The molecule has 0 unspecified atom stereocenters. The highest BCUT2D eigenvalue weighted by atomic mass is 15.2. The molecule has 0 atom stereocenters. The van der Waals surface area contributed by atoms with E-state index in [1.165, 1.54) is 25.9 Å². The van der Waals surface area contributed by atoms with E-state index in [2.05, 4.69) is 19.8 Å². The molecule has 2 heterocycles. The van der Waals surface area contributed by atoms with Crippen molar-refractivity contribution in [1.82, 2.24) is 14.9 Å². The quantitative estimate of drug-likeness (QED) is 0.804. The first-order valence-electron chi connectivity index (χ1n) is 7.26. The molecule has 1 saturated heterocycles. The van der Waals surface area contributed by atoms with E-state index in [1.807, 2.05) is 6.92 Å². The second-order valence-corrected chi connectivity index (χ2v) is 5.14. The Morgan fingerprint density at radius 1 is 1.11 bits per heavy atom. The minimum atomic E-state index is 0.804. The van der Waals surface area contributed by atoms with Crippen molar-refractivity contribution in [3.8, 4) is 0 Å². The van der Waals surface area contributed by atoms with Crippen molar-refractivity contribution in [3.05, 3.63) is 18.1 Å². The van der Waals surface area contributed by atoms with Crippen LogP contribution in [0.3, 0.4) is 0 Å². The highest BCUT2D eigenvalue weighted by Gasteiger charge is 2.17. The molecule has 106 valence electrons. The van der Waals surface area contributed by atoms with Crippen molar-refractivity contribution < 1.29 is 0 Å². The van der Waals surface area contributed by atoms with Gasteiger partial charge >= 0.3 is 0 Å². The lowest BCUT2D eigenvalue weighted by molar-refractivity contribution is 0.288. The van der Waals surface area contributed by atoms with E-state index in [9.17, 15) is 0 Å². The zero-order valence-corrected chi connectivity index (χ0v) is 11.9. The SMILES string of the molecule is Cc1nccnc1N1CCCN(CCCCN)CC1. The molecule has 0 aliphatic carbocycles. The second-order valence-electron chi connectivity index (χ2n) is 5.14. The van der Waals surface area contributed by atoms with Gasteiger partial charge in [-0.05, 0) is 45.8 Å². The molecule has 1 aliphatic rings. The van der Waals surface area contributed by atoms with Gasteiger partial charge in [-0.1, -0.05) is 0 Å². The zero-order chi connectivity index (χ0) is 13.5. The van der Waals surface area contributed by atoms with E-state index >= 15 is 0 Å². The van der Waals surface area contributed by atoms with Gasteiger partial charge in [0.25, 0.3) is 0 Å². The number of unbranched alkanes of at least 4 members (excludes halogenated alkanes) is 1. The molecule has 0 bridgehead atoms. The summed E-state index contributed by atoms with van der Waals surface area (Å²) in [4.78, 5) is 13.7.